The number of amides is 2. The molecule has 17 heavy (non-hydrogen) atoms. The van der Waals surface area contributed by atoms with E-state index in [0.29, 0.717) is 18.7 Å². The number of hydrogen-bond donors (Lipinski definition) is 2. The van der Waals surface area contributed by atoms with Crippen LogP contribution in [0.15, 0.2) is 0 Å². The van der Waals surface area contributed by atoms with E-state index in [9.17, 15) is 4.79 Å². The summed E-state index contributed by atoms with van der Waals surface area (Å²) in [5.41, 5.74) is 0. The molecule has 0 unspecified atom stereocenters. The van der Waals surface area contributed by atoms with E-state index < -0.39 is 0 Å². The zero-order valence-electron chi connectivity index (χ0n) is 10.7. The Labute approximate surface area is 103 Å². The first kappa shape index (κ1) is 12.6. The number of urea groups is 1. The van der Waals surface area contributed by atoms with E-state index in [1.165, 1.54) is 19.4 Å². The molecule has 2 aliphatic heterocycles. The molecular weight excluding hydrogens is 218 g/mol. The number of nitrogens with zero attached hydrogens (tertiary/aromatic N) is 1. The molecule has 2 aliphatic rings. The van der Waals surface area contributed by atoms with Crippen LogP contribution in [-0.4, -0.2) is 55.9 Å². The highest BCUT2D eigenvalue weighted by Crippen LogP contribution is 2.27. The zero-order valence-corrected chi connectivity index (χ0v) is 10.7. The van der Waals surface area contributed by atoms with Gasteiger partial charge in [0.25, 0.3) is 0 Å². The highest BCUT2D eigenvalue weighted by Gasteiger charge is 2.37. The molecule has 3 atom stereocenters. The van der Waals surface area contributed by atoms with Gasteiger partial charge in [-0.05, 0) is 32.7 Å². The lowest BCUT2D eigenvalue weighted by atomic mass is 10.1. The first-order chi connectivity index (χ1) is 8.20. The fraction of sp³-hybridized carbons (Fsp3) is 0.917. The molecule has 0 bridgehead atoms. The summed E-state index contributed by atoms with van der Waals surface area (Å²) < 4.78 is 4.99. The molecule has 2 N–H and O–H groups in total. The number of nitrogens with one attached hydrogen (secondary N) is 2. The molecular formula is C12H23N3O2. The number of carbonyl (C=O) groups excluding carboxylic acids is 1. The normalized spacial score (nSPS) is 30.0. The molecule has 0 saturated carbocycles. The van der Waals surface area contributed by atoms with Gasteiger partial charge in [-0.2, -0.15) is 0 Å². The molecule has 98 valence electrons. The maximum Gasteiger partial charge on any atom is 0.315 e. The molecule has 5 heteroatoms. The third-order valence-corrected chi connectivity index (χ3v) is 3.72. The topological polar surface area (TPSA) is 53.6 Å². The van der Waals surface area contributed by atoms with Crippen LogP contribution < -0.4 is 10.6 Å². The second kappa shape index (κ2) is 5.69. The van der Waals surface area contributed by atoms with Crippen LogP contribution in [0.3, 0.4) is 0 Å². The van der Waals surface area contributed by atoms with Gasteiger partial charge in [0.2, 0.25) is 0 Å². The molecule has 2 heterocycles. The predicted octanol–water partition coefficient (Wildman–Crippen LogP) is 0.557. The summed E-state index contributed by atoms with van der Waals surface area (Å²) in [5, 5.41) is 5.99. The average Bonchev–Trinajstić information content (AvgIpc) is 2.83. The van der Waals surface area contributed by atoms with Gasteiger partial charge < -0.3 is 15.4 Å². The van der Waals surface area contributed by atoms with Crippen molar-refractivity contribution in [2.45, 2.75) is 44.3 Å². The van der Waals surface area contributed by atoms with Crippen LogP contribution in [0.4, 0.5) is 4.79 Å². The standard InChI is InChI=1S/C12H23N3O2/c1-9(8-17-2)13-12(16)14-10-5-7-15-6-3-4-11(10)15/h9-11H,3-8H2,1-2H3,(H2,13,14,16)/t9-,10-,11+/m0/s1. The first-order valence-corrected chi connectivity index (χ1v) is 6.50. The molecule has 0 radical (unpaired) electrons. The summed E-state index contributed by atoms with van der Waals surface area (Å²) in [6.45, 7) is 4.82. The largest absolute Gasteiger partial charge is 0.383 e. The van der Waals surface area contributed by atoms with Gasteiger partial charge in [-0.3, -0.25) is 4.90 Å². The van der Waals surface area contributed by atoms with Gasteiger partial charge in [0.15, 0.2) is 0 Å². The van der Waals surface area contributed by atoms with E-state index in [4.69, 9.17) is 4.74 Å². The Kier molecular flexibility index (Phi) is 4.23. The molecule has 5 nitrogen and oxygen atoms in total. The number of methoxy groups -OCH3 is 1. The van der Waals surface area contributed by atoms with Crippen molar-refractivity contribution in [3.63, 3.8) is 0 Å². The lowest BCUT2D eigenvalue weighted by molar-refractivity contribution is 0.169. The van der Waals surface area contributed by atoms with Gasteiger partial charge in [0, 0.05) is 25.7 Å². The van der Waals surface area contributed by atoms with Gasteiger partial charge in [-0.25, -0.2) is 4.79 Å². The Morgan fingerprint density at radius 2 is 2.29 bits per heavy atom. The number of rotatable bonds is 4. The Balaban J connectivity index is 1.75. The van der Waals surface area contributed by atoms with E-state index in [-0.39, 0.29) is 12.1 Å². The summed E-state index contributed by atoms with van der Waals surface area (Å²) in [6.07, 6.45) is 3.57. The maximum atomic E-state index is 11.8. The summed E-state index contributed by atoms with van der Waals surface area (Å²) in [7, 11) is 1.64. The Morgan fingerprint density at radius 1 is 1.47 bits per heavy atom. The second-order valence-corrected chi connectivity index (χ2v) is 5.11. The lowest BCUT2D eigenvalue weighted by Gasteiger charge is -2.22. The number of fused-ring (bicyclic) bond motifs is 1. The molecule has 2 saturated heterocycles. The molecule has 0 aliphatic carbocycles. The fourth-order valence-corrected chi connectivity index (χ4v) is 2.98. The number of hydrogen-bond acceptors (Lipinski definition) is 3. The minimum Gasteiger partial charge on any atom is -0.383 e. The minimum absolute atomic E-state index is 0.0566. The van der Waals surface area contributed by atoms with Gasteiger partial charge in [-0.1, -0.05) is 0 Å². The Hall–Kier alpha value is -0.810. The van der Waals surface area contributed by atoms with Crippen LogP contribution >= 0.6 is 0 Å². The van der Waals surface area contributed by atoms with Crippen molar-refractivity contribution < 1.29 is 9.53 Å². The van der Waals surface area contributed by atoms with Crippen LogP contribution in [0.2, 0.25) is 0 Å². The summed E-state index contributed by atoms with van der Waals surface area (Å²) in [4.78, 5) is 14.3. The molecule has 0 aromatic rings. The third-order valence-electron chi connectivity index (χ3n) is 3.72. The summed E-state index contributed by atoms with van der Waals surface area (Å²) >= 11 is 0. The van der Waals surface area contributed by atoms with Crippen molar-refractivity contribution in [3.8, 4) is 0 Å². The van der Waals surface area contributed by atoms with Gasteiger partial charge in [0.1, 0.15) is 0 Å². The third kappa shape index (κ3) is 3.10. The van der Waals surface area contributed by atoms with Crippen LogP contribution in [0.1, 0.15) is 26.2 Å². The fourth-order valence-electron chi connectivity index (χ4n) is 2.98. The minimum atomic E-state index is -0.0618. The van der Waals surface area contributed by atoms with Gasteiger partial charge >= 0.3 is 6.03 Å². The highest BCUT2D eigenvalue weighted by atomic mass is 16.5. The second-order valence-electron chi connectivity index (χ2n) is 5.11. The lowest BCUT2D eigenvalue weighted by Crippen LogP contribution is -2.49. The van der Waals surface area contributed by atoms with Crippen molar-refractivity contribution >= 4 is 6.03 Å². The summed E-state index contributed by atoms with van der Waals surface area (Å²) in [6, 6.07) is 0.889. The van der Waals surface area contributed by atoms with Crippen LogP contribution in [0.25, 0.3) is 0 Å². The molecule has 2 rings (SSSR count). The molecule has 0 aromatic carbocycles. The van der Waals surface area contributed by atoms with Crippen LogP contribution in [-0.2, 0) is 4.74 Å². The summed E-state index contributed by atoms with van der Waals surface area (Å²) in [5.74, 6) is 0. The van der Waals surface area contributed by atoms with Crippen molar-refractivity contribution in [2.75, 3.05) is 26.8 Å². The first-order valence-electron chi connectivity index (χ1n) is 6.50. The van der Waals surface area contributed by atoms with E-state index in [2.05, 4.69) is 15.5 Å². The molecule has 2 fully saturated rings. The zero-order chi connectivity index (χ0) is 12.3. The number of ether oxygens (including phenoxy) is 1. The van der Waals surface area contributed by atoms with E-state index >= 15 is 0 Å². The quantitative estimate of drug-likeness (QED) is 0.756. The van der Waals surface area contributed by atoms with Crippen molar-refractivity contribution in [2.24, 2.45) is 0 Å². The molecule has 0 aromatic heterocycles. The number of carbonyl (C=O) groups is 1. The van der Waals surface area contributed by atoms with E-state index in [0.717, 1.165) is 13.0 Å². The van der Waals surface area contributed by atoms with Crippen molar-refractivity contribution in [1.82, 2.24) is 15.5 Å². The van der Waals surface area contributed by atoms with Crippen LogP contribution in [0.5, 0.6) is 0 Å². The average molecular weight is 241 g/mol. The van der Waals surface area contributed by atoms with Gasteiger partial charge in [0.05, 0.1) is 12.6 Å². The van der Waals surface area contributed by atoms with E-state index in [1.807, 2.05) is 6.92 Å². The Morgan fingerprint density at radius 3 is 3.06 bits per heavy atom. The van der Waals surface area contributed by atoms with E-state index in [1.54, 1.807) is 7.11 Å². The smallest absolute Gasteiger partial charge is 0.315 e. The Bertz CT molecular complexity index is 272. The van der Waals surface area contributed by atoms with Crippen molar-refractivity contribution in [1.29, 1.82) is 0 Å². The predicted molar refractivity (Wildman–Crippen MR) is 66.0 cm³/mol. The SMILES string of the molecule is COC[C@H](C)NC(=O)N[C@H]1CCN2CCC[C@H]12. The van der Waals surface area contributed by atoms with Crippen LogP contribution in [0, 0.1) is 0 Å². The van der Waals surface area contributed by atoms with Gasteiger partial charge in [-0.15, -0.1) is 0 Å². The highest BCUT2D eigenvalue weighted by molar-refractivity contribution is 5.74. The maximum absolute atomic E-state index is 11.8. The van der Waals surface area contributed by atoms with Crippen molar-refractivity contribution in [3.05, 3.63) is 0 Å². The molecule has 0 spiro atoms. The molecule has 2 amide bonds. The monoisotopic (exact) mass is 241 g/mol.